The van der Waals surface area contributed by atoms with Gasteiger partial charge in [-0.15, -0.1) is 0 Å². The van der Waals surface area contributed by atoms with Crippen molar-refractivity contribution in [3.63, 3.8) is 0 Å². The maximum atomic E-state index is 14.6. The van der Waals surface area contributed by atoms with Crippen LogP contribution in [0.3, 0.4) is 0 Å². The maximum absolute atomic E-state index is 14.6. The molecule has 4 atom stereocenters. The molecule has 0 aliphatic carbocycles. The molecule has 0 radical (unpaired) electrons. The van der Waals surface area contributed by atoms with E-state index in [-0.39, 0.29) is 68.0 Å². The highest BCUT2D eigenvalue weighted by Gasteiger charge is 2.40. The molecule has 0 aliphatic rings. The molecule has 8 heteroatoms. The van der Waals surface area contributed by atoms with Gasteiger partial charge in [-0.25, -0.2) is 0 Å². The quantitative estimate of drug-likeness (QED) is 0.0769. The highest BCUT2D eigenvalue weighted by molar-refractivity contribution is 5.78. The van der Waals surface area contributed by atoms with Crippen LogP contribution in [0.15, 0.2) is 48.5 Å². The standard InChI is InChI=1S/C74H114O8/c1-45(35-49-41-55(69(15,16)17)63(79)56(42-49)70(18,19)20)73(27,33-31-47-37-51(65(3,4)5)61(77)52(38-47)66(6,7)8)81-59(75)29-30-60(76)82-74(28,34-32-48-39-53(67(9,10)11)62(78)54(40-48)68(12,13)14)46(2)36-50-43-57(71(21,22)23)64(80)58(44-50)72(24,25)26/h37-46,77-80H,29-36H2,1-28H3. The summed E-state index contributed by atoms with van der Waals surface area (Å²) in [6.07, 6.45) is 2.86. The molecular weight excluding hydrogens is 1020 g/mol. The number of esters is 2. The molecule has 4 rings (SSSR count). The minimum absolute atomic E-state index is 0.182. The van der Waals surface area contributed by atoms with Crippen LogP contribution in [0.4, 0.5) is 0 Å². The first-order valence-corrected chi connectivity index (χ1v) is 30.6. The number of aryl methyl sites for hydroxylation is 2. The lowest BCUT2D eigenvalue weighted by molar-refractivity contribution is -0.171. The van der Waals surface area contributed by atoms with E-state index in [4.69, 9.17) is 9.47 Å². The summed E-state index contributed by atoms with van der Waals surface area (Å²) in [6.45, 7) is 58.9. The predicted octanol–water partition coefficient (Wildman–Crippen LogP) is 18.6. The fourth-order valence-electron chi connectivity index (χ4n) is 11.4. The van der Waals surface area contributed by atoms with Crippen molar-refractivity contribution in [2.24, 2.45) is 11.8 Å². The summed E-state index contributed by atoms with van der Waals surface area (Å²) >= 11 is 0. The van der Waals surface area contributed by atoms with Crippen LogP contribution in [-0.4, -0.2) is 43.6 Å². The minimum atomic E-state index is -1.00. The number of aromatic hydroxyl groups is 4. The smallest absolute Gasteiger partial charge is 0.306 e. The van der Waals surface area contributed by atoms with Crippen molar-refractivity contribution in [1.82, 2.24) is 0 Å². The van der Waals surface area contributed by atoms with Gasteiger partial charge in [-0.2, -0.15) is 0 Å². The summed E-state index contributed by atoms with van der Waals surface area (Å²) in [5.41, 5.74) is 6.51. The molecule has 4 unspecified atom stereocenters. The molecule has 82 heavy (non-hydrogen) atoms. The number of carbonyl (C=O) groups is 2. The van der Waals surface area contributed by atoms with Crippen LogP contribution in [-0.2, 0) is 88.1 Å². The largest absolute Gasteiger partial charge is 0.507 e. The van der Waals surface area contributed by atoms with Crippen LogP contribution in [0.5, 0.6) is 23.0 Å². The fourth-order valence-corrected chi connectivity index (χ4v) is 11.4. The van der Waals surface area contributed by atoms with E-state index in [1.54, 1.807) is 0 Å². The number of hydrogen-bond donors (Lipinski definition) is 4. The van der Waals surface area contributed by atoms with Crippen molar-refractivity contribution >= 4 is 11.9 Å². The van der Waals surface area contributed by atoms with Crippen LogP contribution in [0.2, 0.25) is 0 Å². The molecule has 4 aromatic rings. The van der Waals surface area contributed by atoms with E-state index in [0.717, 1.165) is 66.8 Å². The van der Waals surface area contributed by atoms with Crippen molar-refractivity contribution in [3.05, 3.63) is 115 Å². The molecule has 0 fully saturated rings. The van der Waals surface area contributed by atoms with Crippen molar-refractivity contribution in [1.29, 1.82) is 0 Å². The molecule has 0 aromatic heterocycles. The van der Waals surface area contributed by atoms with Gasteiger partial charge >= 0.3 is 11.9 Å². The van der Waals surface area contributed by atoms with Gasteiger partial charge in [0.25, 0.3) is 0 Å². The lowest BCUT2D eigenvalue weighted by Gasteiger charge is -2.37. The molecule has 0 bridgehead atoms. The Hall–Kier alpha value is -4.98. The second-order valence-electron chi connectivity index (χ2n) is 33.4. The fraction of sp³-hybridized carbons (Fsp3) is 0.649. The number of phenols is 4. The van der Waals surface area contributed by atoms with E-state index >= 15 is 0 Å². The third kappa shape index (κ3) is 17.3. The Labute approximate surface area is 499 Å². The van der Waals surface area contributed by atoms with Gasteiger partial charge in [0.2, 0.25) is 0 Å². The van der Waals surface area contributed by atoms with Gasteiger partial charge in [-0.05, 0) is 174 Å². The van der Waals surface area contributed by atoms with Crippen molar-refractivity contribution in [3.8, 4) is 23.0 Å². The summed E-state index contributed by atoms with van der Waals surface area (Å²) in [6, 6.07) is 16.8. The number of carbonyl (C=O) groups excluding carboxylic acids is 2. The summed E-state index contributed by atoms with van der Waals surface area (Å²) in [4.78, 5) is 29.2. The number of rotatable bonds is 17. The van der Waals surface area contributed by atoms with E-state index < -0.39 is 23.1 Å². The molecule has 0 amide bonds. The minimum Gasteiger partial charge on any atom is -0.507 e. The number of benzene rings is 4. The molecule has 0 saturated carbocycles. The molecular formula is C74H114O8. The third-order valence-electron chi connectivity index (χ3n) is 17.4. The number of hydrogen-bond acceptors (Lipinski definition) is 8. The summed E-state index contributed by atoms with van der Waals surface area (Å²) in [5, 5.41) is 46.6. The van der Waals surface area contributed by atoms with Crippen molar-refractivity contribution in [2.75, 3.05) is 0 Å². The zero-order valence-electron chi connectivity index (χ0n) is 56.9. The summed E-state index contributed by atoms with van der Waals surface area (Å²) in [7, 11) is 0. The molecule has 4 aromatic carbocycles. The second-order valence-corrected chi connectivity index (χ2v) is 33.4. The average Bonchev–Trinajstić information content (AvgIpc) is 3.28. The van der Waals surface area contributed by atoms with Crippen LogP contribution in [0.1, 0.15) is 286 Å². The van der Waals surface area contributed by atoms with E-state index in [1.165, 1.54) is 0 Å². The lowest BCUT2D eigenvalue weighted by atomic mass is 9.75. The molecule has 458 valence electrons. The third-order valence-corrected chi connectivity index (χ3v) is 17.4. The van der Waals surface area contributed by atoms with Gasteiger partial charge in [-0.1, -0.05) is 229 Å². The Balaban J connectivity index is 1.78. The first-order valence-electron chi connectivity index (χ1n) is 30.6. The van der Waals surface area contributed by atoms with E-state index in [2.05, 4.69) is 229 Å². The van der Waals surface area contributed by atoms with Crippen LogP contribution < -0.4 is 0 Å². The average molecular weight is 1130 g/mol. The molecule has 4 N–H and O–H groups in total. The predicted molar refractivity (Wildman–Crippen MR) is 343 cm³/mol. The SMILES string of the molecule is CC(Cc1cc(C(C)(C)C)c(O)c(C(C)(C)C)c1)C(C)(CCc1cc(C(C)(C)C)c(O)c(C(C)(C)C)c1)OC(=O)CCC(=O)OC(C)(CCc1cc(C(C)(C)C)c(O)c(C(C)(C)C)c1)C(C)Cc1cc(C(C)(C)C)c(O)c(C(C)(C)C)c1. The van der Waals surface area contributed by atoms with Gasteiger partial charge < -0.3 is 29.9 Å². The molecule has 8 nitrogen and oxygen atoms in total. The lowest BCUT2D eigenvalue weighted by Crippen LogP contribution is -2.41. The van der Waals surface area contributed by atoms with Crippen molar-refractivity contribution < 1.29 is 39.5 Å². The highest BCUT2D eigenvalue weighted by Crippen LogP contribution is 2.46. The first-order chi connectivity index (χ1) is 36.7. The molecule has 0 aliphatic heterocycles. The van der Waals surface area contributed by atoms with Gasteiger partial charge in [0, 0.05) is 0 Å². The normalized spacial score (nSPS) is 15.6. The van der Waals surface area contributed by atoms with Crippen molar-refractivity contribution in [2.45, 2.75) is 300 Å². The Kier molecular flexibility index (Phi) is 20.5. The van der Waals surface area contributed by atoms with Crippen LogP contribution in [0.25, 0.3) is 0 Å². The Bertz CT molecular complexity index is 2570. The maximum Gasteiger partial charge on any atom is 0.306 e. The van der Waals surface area contributed by atoms with E-state index in [0.29, 0.717) is 61.5 Å². The zero-order valence-corrected chi connectivity index (χ0v) is 56.9. The topological polar surface area (TPSA) is 134 Å². The van der Waals surface area contributed by atoms with Gasteiger partial charge in [-0.3, -0.25) is 9.59 Å². The van der Waals surface area contributed by atoms with Gasteiger partial charge in [0.05, 0.1) is 12.8 Å². The monoisotopic (exact) mass is 1130 g/mol. The molecule has 0 saturated heterocycles. The second kappa shape index (κ2) is 24.2. The van der Waals surface area contributed by atoms with Crippen LogP contribution >= 0.6 is 0 Å². The van der Waals surface area contributed by atoms with Crippen LogP contribution in [0, 0.1) is 11.8 Å². The first kappa shape index (κ1) is 69.5. The Morgan fingerprint density at radius 2 is 0.500 bits per heavy atom. The summed E-state index contributed by atoms with van der Waals surface area (Å²) in [5.74, 6) is -0.123. The van der Waals surface area contributed by atoms with Gasteiger partial charge in [0.15, 0.2) is 0 Å². The Morgan fingerprint density at radius 1 is 0.329 bits per heavy atom. The molecule has 0 spiro atoms. The Morgan fingerprint density at radius 3 is 0.671 bits per heavy atom. The highest BCUT2D eigenvalue weighted by atomic mass is 16.6. The van der Waals surface area contributed by atoms with Gasteiger partial charge in [0.1, 0.15) is 34.2 Å². The number of ether oxygens (including phenoxy) is 2. The zero-order chi connectivity index (χ0) is 63.3. The number of phenolic OH excluding ortho intramolecular Hbond substituents is 4. The van der Waals surface area contributed by atoms with E-state index in [1.807, 2.05) is 13.8 Å². The molecule has 0 heterocycles. The van der Waals surface area contributed by atoms with E-state index in [9.17, 15) is 30.0 Å². The summed E-state index contributed by atoms with van der Waals surface area (Å²) < 4.78 is 13.5.